The van der Waals surface area contributed by atoms with Crippen molar-refractivity contribution in [2.24, 2.45) is 0 Å². The first kappa shape index (κ1) is 23.7. The molecule has 3 heterocycles. The van der Waals surface area contributed by atoms with E-state index >= 15 is 0 Å². The maximum atomic E-state index is 13.9. The molecular weight excluding hydrogens is 458 g/mol. The highest BCUT2D eigenvalue weighted by Gasteiger charge is 2.41. The molecule has 0 saturated heterocycles. The number of nitrogens with one attached hydrogen (secondary N) is 1. The summed E-state index contributed by atoms with van der Waals surface area (Å²) in [4.78, 5) is 32.6. The molecule has 1 N–H and O–H groups in total. The molecule has 8 nitrogen and oxygen atoms in total. The van der Waals surface area contributed by atoms with Gasteiger partial charge in [0.15, 0.2) is 0 Å². The molecule has 5 rings (SSSR count). The molecule has 0 saturated carbocycles. The first-order valence-electron chi connectivity index (χ1n) is 11.8. The third-order valence-electron chi connectivity index (χ3n) is 6.37. The van der Waals surface area contributed by atoms with E-state index in [0.717, 1.165) is 33.4 Å². The number of rotatable bonds is 3. The number of amides is 2. The van der Waals surface area contributed by atoms with Gasteiger partial charge in [-0.2, -0.15) is 0 Å². The molecule has 2 aliphatic heterocycles. The molecule has 0 bridgehead atoms. The Hall–Kier alpha value is -4.07. The summed E-state index contributed by atoms with van der Waals surface area (Å²) in [6.45, 7) is 5.59. The van der Waals surface area contributed by atoms with Gasteiger partial charge in [-0.25, -0.2) is 9.69 Å². The van der Waals surface area contributed by atoms with Gasteiger partial charge in [-0.3, -0.25) is 9.78 Å². The van der Waals surface area contributed by atoms with Gasteiger partial charge in [0, 0.05) is 53.5 Å². The van der Waals surface area contributed by atoms with Gasteiger partial charge < -0.3 is 19.5 Å². The second-order valence-corrected chi connectivity index (χ2v) is 9.92. The zero-order chi connectivity index (χ0) is 25.6. The topological polar surface area (TPSA) is 90.0 Å². The predicted molar refractivity (Wildman–Crippen MR) is 136 cm³/mol. The maximum absolute atomic E-state index is 13.9. The lowest BCUT2D eigenvalue weighted by Crippen LogP contribution is -2.47. The summed E-state index contributed by atoms with van der Waals surface area (Å²) in [5.74, 6) is 0.372. The fourth-order valence-corrected chi connectivity index (χ4v) is 4.80. The van der Waals surface area contributed by atoms with Crippen LogP contribution in [0.3, 0.4) is 0 Å². The van der Waals surface area contributed by atoms with E-state index in [1.54, 1.807) is 47.3 Å². The van der Waals surface area contributed by atoms with Crippen LogP contribution in [0.5, 0.6) is 11.5 Å². The molecule has 36 heavy (non-hydrogen) atoms. The Labute approximate surface area is 209 Å². The highest BCUT2D eigenvalue weighted by molar-refractivity contribution is 6.07. The van der Waals surface area contributed by atoms with Gasteiger partial charge in [-0.15, -0.1) is 0 Å². The van der Waals surface area contributed by atoms with Crippen LogP contribution in [0.1, 0.15) is 44.2 Å². The summed E-state index contributed by atoms with van der Waals surface area (Å²) in [6.07, 6.45) is 1.59. The van der Waals surface area contributed by atoms with Crippen molar-refractivity contribution in [1.29, 1.82) is 0 Å². The lowest BCUT2D eigenvalue weighted by molar-refractivity contribution is -0.127. The smallest absolute Gasteiger partial charge is 0.417 e. The molecule has 2 aromatic carbocycles. The third kappa shape index (κ3) is 4.23. The molecule has 1 unspecified atom stereocenters. The highest BCUT2D eigenvalue weighted by Crippen LogP contribution is 2.47. The quantitative estimate of drug-likeness (QED) is 0.541. The molecule has 2 aliphatic rings. The third-order valence-corrected chi connectivity index (χ3v) is 6.37. The predicted octanol–water partition coefficient (Wildman–Crippen LogP) is 5.23. The largest absolute Gasteiger partial charge is 0.497 e. The number of carbonyl (C=O) groups excluding carboxylic acids is 2. The summed E-state index contributed by atoms with van der Waals surface area (Å²) in [5.41, 5.74) is 4.00. The first-order valence-corrected chi connectivity index (χ1v) is 11.8. The summed E-state index contributed by atoms with van der Waals surface area (Å²) < 4.78 is 16.6. The van der Waals surface area contributed by atoms with E-state index in [1.165, 1.54) is 4.90 Å². The van der Waals surface area contributed by atoms with E-state index in [-0.39, 0.29) is 12.5 Å². The van der Waals surface area contributed by atoms with Crippen LogP contribution in [-0.2, 0) is 9.53 Å². The number of methoxy groups -OCH3 is 2. The molecule has 8 heteroatoms. The van der Waals surface area contributed by atoms with Gasteiger partial charge in [-0.1, -0.05) is 6.07 Å². The van der Waals surface area contributed by atoms with E-state index in [2.05, 4.69) is 16.4 Å². The number of nitrogens with zero attached hydrogens (tertiary/aromatic N) is 2. The number of anilines is 1. The van der Waals surface area contributed by atoms with Gasteiger partial charge in [0.2, 0.25) is 0 Å². The molecule has 2 amide bonds. The van der Waals surface area contributed by atoms with Crippen LogP contribution < -0.4 is 14.8 Å². The lowest BCUT2D eigenvalue weighted by Gasteiger charge is -2.38. The monoisotopic (exact) mass is 487 g/mol. The molecule has 0 radical (unpaired) electrons. The van der Waals surface area contributed by atoms with Gasteiger partial charge in [-0.05, 0) is 62.2 Å². The number of carbonyl (C=O) groups is 2. The number of ether oxygens (including phenoxy) is 3. The van der Waals surface area contributed by atoms with Gasteiger partial charge >= 0.3 is 6.09 Å². The minimum atomic E-state index is -0.715. The Balaban J connectivity index is 1.69. The molecule has 1 atom stereocenters. The van der Waals surface area contributed by atoms with Crippen molar-refractivity contribution >= 4 is 28.6 Å². The van der Waals surface area contributed by atoms with Gasteiger partial charge in [0.1, 0.15) is 17.1 Å². The van der Waals surface area contributed by atoms with E-state index in [9.17, 15) is 9.59 Å². The summed E-state index contributed by atoms with van der Waals surface area (Å²) in [6, 6.07) is 13.5. The normalized spacial score (nSPS) is 17.3. The number of benzene rings is 2. The standard InChI is InChI=1S/C28H29N3O5/c1-28(2,3)36-27(33)31-10-8-21-25(26(31)32)24(17-11-18(34-4)14-19(12-17)35-5)20-15-22-16(7-6-9-29-22)13-23(20)30-21/h6-7,9,11-15,24,30H,8,10H2,1-5H3. The molecule has 186 valence electrons. The molecule has 0 fully saturated rings. The van der Waals surface area contributed by atoms with Crippen molar-refractivity contribution in [3.63, 3.8) is 0 Å². The van der Waals surface area contributed by atoms with Crippen molar-refractivity contribution in [2.75, 3.05) is 26.1 Å². The first-order chi connectivity index (χ1) is 17.2. The van der Waals surface area contributed by atoms with Crippen LogP contribution in [0.4, 0.5) is 10.5 Å². The number of hydrogen-bond donors (Lipinski definition) is 1. The van der Waals surface area contributed by atoms with Crippen LogP contribution in [0.2, 0.25) is 0 Å². The fourth-order valence-electron chi connectivity index (χ4n) is 4.80. The number of imide groups is 1. The van der Waals surface area contributed by atoms with Crippen LogP contribution in [0, 0.1) is 0 Å². The number of aromatic nitrogens is 1. The zero-order valence-corrected chi connectivity index (χ0v) is 21.0. The second kappa shape index (κ2) is 8.86. The van der Waals surface area contributed by atoms with Crippen molar-refractivity contribution in [3.05, 3.63) is 71.1 Å². The Morgan fingerprint density at radius 1 is 1.08 bits per heavy atom. The van der Waals surface area contributed by atoms with Crippen molar-refractivity contribution in [2.45, 2.75) is 38.7 Å². The van der Waals surface area contributed by atoms with Gasteiger partial charge in [0.05, 0.1) is 19.7 Å². The average molecular weight is 488 g/mol. The highest BCUT2D eigenvalue weighted by atomic mass is 16.6. The van der Waals surface area contributed by atoms with Crippen molar-refractivity contribution in [1.82, 2.24) is 9.88 Å². The van der Waals surface area contributed by atoms with Crippen LogP contribution in [-0.4, -0.2) is 48.2 Å². The maximum Gasteiger partial charge on any atom is 0.417 e. The van der Waals surface area contributed by atoms with Gasteiger partial charge in [0.25, 0.3) is 5.91 Å². The van der Waals surface area contributed by atoms with Crippen LogP contribution >= 0.6 is 0 Å². The van der Waals surface area contributed by atoms with Crippen molar-refractivity contribution in [3.8, 4) is 11.5 Å². The van der Waals surface area contributed by atoms with Crippen LogP contribution in [0.15, 0.2) is 59.9 Å². The SMILES string of the molecule is COc1cc(OC)cc(C2C3=C(CCN(C(=O)OC(C)(C)C)C3=O)Nc3cc4cccnc4cc32)c1. The summed E-state index contributed by atoms with van der Waals surface area (Å²) >= 11 is 0. The summed E-state index contributed by atoms with van der Waals surface area (Å²) in [7, 11) is 3.18. The number of hydrogen-bond acceptors (Lipinski definition) is 7. The lowest BCUT2D eigenvalue weighted by atomic mass is 9.78. The minimum Gasteiger partial charge on any atom is -0.497 e. The van der Waals surface area contributed by atoms with Crippen LogP contribution in [0.25, 0.3) is 10.9 Å². The van der Waals surface area contributed by atoms with E-state index in [0.29, 0.717) is 23.5 Å². The Kier molecular flexibility index (Phi) is 5.82. The second-order valence-electron chi connectivity index (χ2n) is 9.92. The zero-order valence-electron chi connectivity index (χ0n) is 21.0. The Bertz CT molecular complexity index is 1380. The molecule has 3 aromatic rings. The Morgan fingerprint density at radius 2 is 1.81 bits per heavy atom. The average Bonchev–Trinajstić information content (AvgIpc) is 2.85. The number of pyridine rings is 1. The van der Waals surface area contributed by atoms with E-state index in [1.807, 2.05) is 30.3 Å². The van der Waals surface area contributed by atoms with E-state index < -0.39 is 17.6 Å². The Morgan fingerprint density at radius 3 is 2.47 bits per heavy atom. The molecule has 0 spiro atoms. The van der Waals surface area contributed by atoms with E-state index in [4.69, 9.17) is 14.2 Å². The molecular formula is C28H29N3O5. The molecule has 1 aromatic heterocycles. The van der Waals surface area contributed by atoms with Crippen molar-refractivity contribution < 1.29 is 23.8 Å². The number of fused-ring (bicyclic) bond motifs is 2. The minimum absolute atomic E-state index is 0.234. The fraction of sp³-hybridized carbons (Fsp3) is 0.321. The summed E-state index contributed by atoms with van der Waals surface area (Å²) in [5, 5.41) is 4.47. The molecule has 0 aliphatic carbocycles.